The van der Waals surface area contributed by atoms with Crippen molar-refractivity contribution in [3.8, 4) is 0 Å². The molecule has 96 valence electrons. The monoisotopic (exact) mass is 263 g/mol. The van der Waals surface area contributed by atoms with Crippen LogP contribution in [-0.2, 0) is 19.9 Å². The second kappa shape index (κ2) is 6.03. The molecular weight excluding hydrogens is 246 g/mol. The Balaban J connectivity index is 1.99. The summed E-state index contributed by atoms with van der Waals surface area (Å²) in [5.41, 5.74) is 8.21. The third-order valence-corrected chi connectivity index (χ3v) is 3.29. The van der Waals surface area contributed by atoms with Crippen molar-refractivity contribution in [2.75, 3.05) is 6.54 Å². The van der Waals surface area contributed by atoms with Crippen LogP contribution in [0.25, 0.3) is 0 Å². The van der Waals surface area contributed by atoms with E-state index in [1.807, 2.05) is 36.1 Å². The van der Waals surface area contributed by atoms with Crippen LogP contribution in [0.5, 0.6) is 0 Å². The van der Waals surface area contributed by atoms with Gasteiger partial charge >= 0.3 is 0 Å². The van der Waals surface area contributed by atoms with Gasteiger partial charge in [-0.2, -0.15) is 5.10 Å². The minimum absolute atomic E-state index is 0.418. The summed E-state index contributed by atoms with van der Waals surface area (Å²) in [7, 11) is 1.93. The third kappa shape index (κ3) is 3.59. The van der Waals surface area contributed by atoms with Crippen LogP contribution in [0.3, 0.4) is 0 Å². The van der Waals surface area contributed by atoms with Crippen LogP contribution in [0.4, 0.5) is 0 Å². The van der Waals surface area contributed by atoms with Gasteiger partial charge in [0.25, 0.3) is 0 Å². The van der Waals surface area contributed by atoms with Gasteiger partial charge in [0.2, 0.25) is 0 Å². The Morgan fingerprint density at radius 3 is 2.50 bits per heavy atom. The normalized spacial score (nSPS) is 12.6. The highest BCUT2D eigenvalue weighted by Crippen LogP contribution is 2.15. The summed E-state index contributed by atoms with van der Waals surface area (Å²) in [6, 6.07) is 10.0. The third-order valence-electron chi connectivity index (χ3n) is 3.04. The molecule has 0 aliphatic rings. The Kier molecular flexibility index (Phi) is 4.39. The van der Waals surface area contributed by atoms with Gasteiger partial charge < -0.3 is 5.73 Å². The predicted octanol–water partition coefficient (Wildman–Crippen LogP) is 2.43. The fraction of sp³-hybridized carbons (Fsp3) is 0.357. The van der Waals surface area contributed by atoms with Gasteiger partial charge in [-0.05, 0) is 49.1 Å². The molecule has 2 N–H and O–H groups in total. The Morgan fingerprint density at radius 2 is 1.94 bits per heavy atom. The van der Waals surface area contributed by atoms with Crippen molar-refractivity contribution in [3.05, 3.63) is 52.8 Å². The maximum atomic E-state index is 5.88. The summed E-state index contributed by atoms with van der Waals surface area (Å²) < 4.78 is 1.82. The second-order valence-electron chi connectivity index (χ2n) is 4.62. The van der Waals surface area contributed by atoms with Crippen LogP contribution >= 0.6 is 11.6 Å². The quantitative estimate of drug-likeness (QED) is 0.901. The van der Waals surface area contributed by atoms with Gasteiger partial charge in [-0.3, -0.25) is 4.68 Å². The lowest BCUT2D eigenvalue weighted by molar-refractivity contribution is 0.522. The van der Waals surface area contributed by atoms with Crippen LogP contribution in [0.1, 0.15) is 11.3 Å². The van der Waals surface area contributed by atoms with Gasteiger partial charge in [0, 0.05) is 18.3 Å². The molecule has 0 radical (unpaired) electrons. The van der Waals surface area contributed by atoms with Gasteiger partial charge in [-0.1, -0.05) is 23.7 Å². The number of hydrogen-bond donors (Lipinski definition) is 1. The molecule has 0 aliphatic carbocycles. The van der Waals surface area contributed by atoms with Gasteiger partial charge in [0.1, 0.15) is 0 Å². The maximum Gasteiger partial charge on any atom is 0.0627 e. The fourth-order valence-electron chi connectivity index (χ4n) is 2.06. The van der Waals surface area contributed by atoms with E-state index in [1.54, 1.807) is 0 Å². The number of rotatable bonds is 5. The smallest absolute Gasteiger partial charge is 0.0627 e. The first kappa shape index (κ1) is 13.1. The van der Waals surface area contributed by atoms with Crippen molar-refractivity contribution >= 4 is 11.6 Å². The Morgan fingerprint density at radius 1 is 1.22 bits per heavy atom. The molecule has 3 nitrogen and oxygen atoms in total. The molecule has 0 spiro atoms. The number of aryl methyl sites for hydroxylation is 1. The van der Waals surface area contributed by atoms with E-state index in [1.165, 1.54) is 5.56 Å². The van der Waals surface area contributed by atoms with E-state index in [4.69, 9.17) is 17.3 Å². The lowest BCUT2D eigenvalue weighted by Gasteiger charge is -2.13. The molecule has 0 saturated heterocycles. The first-order chi connectivity index (χ1) is 8.67. The molecule has 2 aromatic rings. The van der Waals surface area contributed by atoms with Gasteiger partial charge in [0.15, 0.2) is 0 Å². The topological polar surface area (TPSA) is 43.8 Å². The number of benzene rings is 1. The SMILES string of the molecule is Cn1ccc(CC(CN)Cc2ccc(Cl)cc2)n1. The molecule has 0 saturated carbocycles. The number of aromatic nitrogens is 2. The van der Waals surface area contributed by atoms with E-state index < -0.39 is 0 Å². The molecule has 0 aliphatic heterocycles. The molecule has 1 aromatic heterocycles. The summed E-state index contributed by atoms with van der Waals surface area (Å²) in [5.74, 6) is 0.418. The van der Waals surface area contributed by atoms with Crippen LogP contribution in [0.2, 0.25) is 5.02 Å². The van der Waals surface area contributed by atoms with E-state index in [0.717, 1.165) is 23.6 Å². The molecule has 0 bridgehead atoms. The number of nitrogens with zero attached hydrogens (tertiary/aromatic N) is 2. The zero-order chi connectivity index (χ0) is 13.0. The van der Waals surface area contributed by atoms with Crippen LogP contribution in [0.15, 0.2) is 36.5 Å². The lowest BCUT2D eigenvalue weighted by Crippen LogP contribution is -2.19. The highest BCUT2D eigenvalue weighted by molar-refractivity contribution is 6.30. The standard InChI is InChI=1S/C14H18ClN3/c1-18-7-6-14(17-18)9-12(10-16)8-11-2-4-13(15)5-3-11/h2-7,12H,8-10,16H2,1H3. The maximum absolute atomic E-state index is 5.88. The zero-order valence-electron chi connectivity index (χ0n) is 10.5. The molecule has 2 rings (SSSR count). The van der Waals surface area contributed by atoms with E-state index in [9.17, 15) is 0 Å². The highest BCUT2D eigenvalue weighted by atomic mass is 35.5. The predicted molar refractivity (Wildman–Crippen MR) is 74.6 cm³/mol. The minimum atomic E-state index is 0.418. The van der Waals surface area contributed by atoms with Crippen molar-refractivity contribution < 1.29 is 0 Å². The first-order valence-electron chi connectivity index (χ1n) is 6.10. The molecule has 4 heteroatoms. The molecule has 18 heavy (non-hydrogen) atoms. The first-order valence-corrected chi connectivity index (χ1v) is 6.48. The molecule has 1 heterocycles. The van der Waals surface area contributed by atoms with E-state index in [2.05, 4.69) is 17.2 Å². The van der Waals surface area contributed by atoms with Crippen molar-refractivity contribution in [1.82, 2.24) is 9.78 Å². The Bertz CT molecular complexity index is 490. The molecule has 1 aromatic carbocycles. The summed E-state index contributed by atoms with van der Waals surface area (Å²) in [6.45, 7) is 0.666. The summed E-state index contributed by atoms with van der Waals surface area (Å²) in [4.78, 5) is 0. The van der Waals surface area contributed by atoms with Crippen LogP contribution < -0.4 is 5.73 Å². The minimum Gasteiger partial charge on any atom is -0.330 e. The van der Waals surface area contributed by atoms with Gasteiger partial charge in [0.05, 0.1) is 5.69 Å². The van der Waals surface area contributed by atoms with Crippen molar-refractivity contribution in [2.24, 2.45) is 18.7 Å². The zero-order valence-corrected chi connectivity index (χ0v) is 11.3. The van der Waals surface area contributed by atoms with Crippen molar-refractivity contribution in [2.45, 2.75) is 12.8 Å². The summed E-state index contributed by atoms with van der Waals surface area (Å²) >= 11 is 5.88. The highest BCUT2D eigenvalue weighted by Gasteiger charge is 2.10. The molecular formula is C14H18ClN3. The average Bonchev–Trinajstić information content (AvgIpc) is 2.77. The lowest BCUT2D eigenvalue weighted by atomic mass is 9.95. The van der Waals surface area contributed by atoms with Gasteiger partial charge in [-0.15, -0.1) is 0 Å². The Labute approximate surface area is 113 Å². The molecule has 1 atom stereocenters. The number of nitrogens with two attached hydrogens (primary N) is 1. The molecule has 0 amide bonds. The fourth-order valence-corrected chi connectivity index (χ4v) is 2.19. The second-order valence-corrected chi connectivity index (χ2v) is 5.05. The van der Waals surface area contributed by atoms with Gasteiger partial charge in [-0.25, -0.2) is 0 Å². The van der Waals surface area contributed by atoms with Crippen molar-refractivity contribution in [1.29, 1.82) is 0 Å². The molecule has 1 unspecified atom stereocenters. The average molecular weight is 264 g/mol. The van der Waals surface area contributed by atoms with Crippen LogP contribution in [0, 0.1) is 5.92 Å². The van der Waals surface area contributed by atoms with E-state index in [-0.39, 0.29) is 0 Å². The van der Waals surface area contributed by atoms with Crippen LogP contribution in [-0.4, -0.2) is 16.3 Å². The van der Waals surface area contributed by atoms with E-state index in [0.29, 0.717) is 12.5 Å². The summed E-state index contributed by atoms with van der Waals surface area (Å²) in [6.07, 6.45) is 3.84. The van der Waals surface area contributed by atoms with E-state index >= 15 is 0 Å². The summed E-state index contributed by atoms with van der Waals surface area (Å²) in [5, 5.41) is 5.17. The number of hydrogen-bond acceptors (Lipinski definition) is 2. The molecule has 0 fully saturated rings. The largest absolute Gasteiger partial charge is 0.330 e. The van der Waals surface area contributed by atoms with Crippen molar-refractivity contribution in [3.63, 3.8) is 0 Å². The number of halogens is 1. The Hall–Kier alpha value is -1.32.